The van der Waals surface area contributed by atoms with Crippen molar-refractivity contribution >= 4 is 5.91 Å². The molecule has 1 atom stereocenters. The smallest absolute Gasteiger partial charge is 0.270 e. The van der Waals surface area contributed by atoms with Crippen LogP contribution in [-0.4, -0.2) is 41.4 Å². The third-order valence-electron chi connectivity index (χ3n) is 5.55. The zero-order valence-corrected chi connectivity index (χ0v) is 18.7. The van der Waals surface area contributed by atoms with Gasteiger partial charge < -0.3 is 14.6 Å². The van der Waals surface area contributed by atoms with E-state index in [1.807, 2.05) is 26.0 Å². The largest absolute Gasteiger partial charge is 0.460 e. The lowest BCUT2D eigenvalue weighted by atomic mass is 10.1. The second-order valence-corrected chi connectivity index (χ2v) is 7.94. The summed E-state index contributed by atoms with van der Waals surface area (Å²) in [6, 6.07) is 11.3. The Hall–Kier alpha value is -2.93. The Morgan fingerprint density at radius 3 is 2.52 bits per heavy atom. The highest BCUT2D eigenvalue weighted by Crippen LogP contribution is 2.24. The third kappa shape index (κ3) is 5.82. The lowest BCUT2D eigenvalue weighted by Gasteiger charge is -2.18. The van der Waals surface area contributed by atoms with Crippen LogP contribution in [0.15, 0.2) is 46.9 Å². The van der Waals surface area contributed by atoms with E-state index in [9.17, 15) is 9.18 Å². The number of carbonyl (C=O) groups is 1. The molecule has 166 valence electrons. The second-order valence-electron chi connectivity index (χ2n) is 7.94. The molecule has 1 aromatic carbocycles. The molecule has 0 saturated carbocycles. The normalized spacial score (nSPS) is 12.3. The van der Waals surface area contributed by atoms with Crippen LogP contribution < -0.4 is 10.2 Å². The Morgan fingerprint density at radius 1 is 1.19 bits per heavy atom. The monoisotopic (exact) mass is 427 g/mol. The van der Waals surface area contributed by atoms with E-state index in [4.69, 9.17) is 4.42 Å². The molecule has 2 heterocycles. The maximum absolute atomic E-state index is 13.4. The first-order valence-corrected chi connectivity index (χ1v) is 11.0. The van der Waals surface area contributed by atoms with Crippen LogP contribution >= 0.6 is 0 Å². The van der Waals surface area contributed by atoms with Gasteiger partial charge in [-0.25, -0.2) is 9.07 Å². The SMILES string of the molecule is CC[NH+](CC)CCC[C@H](C)NC(=O)c1cc(-c2ccc(C)o2)nn1-c1ccc(F)cc1. The number of quaternary nitrogens is 1. The number of amides is 1. The van der Waals surface area contributed by atoms with Crippen molar-refractivity contribution in [2.75, 3.05) is 19.6 Å². The maximum atomic E-state index is 13.4. The number of aryl methyl sites for hydroxylation is 1. The predicted molar refractivity (Wildman–Crippen MR) is 119 cm³/mol. The second kappa shape index (κ2) is 10.4. The van der Waals surface area contributed by atoms with Crippen molar-refractivity contribution in [3.63, 3.8) is 0 Å². The molecule has 0 aliphatic heterocycles. The molecular weight excluding hydrogens is 395 g/mol. The van der Waals surface area contributed by atoms with Crippen LogP contribution in [0.4, 0.5) is 4.39 Å². The lowest BCUT2D eigenvalue weighted by molar-refractivity contribution is -0.896. The molecular formula is C24H32FN4O2+. The summed E-state index contributed by atoms with van der Waals surface area (Å²) in [5.41, 5.74) is 1.55. The molecule has 1 amide bonds. The number of carbonyl (C=O) groups excluding carboxylic acids is 1. The van der Waals surface area contributed by atoms with Crippen LogP contribution in [0.3, 0.4) is 0 Å². The molecule has 0 fully saturated rings. The molecule has 31 heavy (non-hydrogen) atoms. The average Bonchev–Trinajstić information content (AvgIpc) is 3.38. The number of nitrogens with zero attached hydrogens (tertiary/aromatic N) is 2. The minimum absolute atomic E-state index is 0.0355. The maximum Gasteiger partial charge on any atom is 0.270 e. The average molecular weight is 428 g/mol. The number of halogens is 1. The first kappa shape index (κ1) is 22.7. The molecule has 3 aromatic rings. The van der Waals surface area contributed by atoms with Gasteiger partial charge >= 0.3 is 0 Å². The van der Waals surface area contributed by atoms with Gasteiger partial charge in [-0.3, -0.25) is 4.79 Å². The number of hydrogen-bond acceptors (Lipinski definition) is 3. The molecule has 0 saturated heterocycles. The van der Waals surface area contributed by atoms with Crippen molar-refractivity contribution < 1.29 is 18.5 Å². The number of nitrogens with one attached hydrogen (secondary N) is 2. The van der Waals surface area contributed by atoms with Gasteiger partial charge in [0.25, 0.3) is 5.91 Å². The van der Waals surface area contributed by atoms with Crippen LogP contribution in [0.1, 0.15) is 49.9 Å². The fourth-order valence-corrected chi connectivity index (χ4v) is 3.65. The minimum Gasteiger partial charge on any atom is -0.460 e. The van der Waals surface area contributed by atoms with Gasteiger partial charge in [0.05, 0.1) is 25.3 Å². The van der Waals surface area contributed by atoms with Crippen LogP contribution in [0.2, 0.25) is 0 Å². The molecule has 0 aliphatic rings. The number of rotatable bonds is 10. The van der Waals surface area contributed by atoms with E-state index in [0.29, 0.717) is 22.8 Å². The summed E-state index contributed by atoms with van der Waals surface area (Å²) in [7, 11) is 0. The molecule has 0 aliphatic carbocycles. The van der Waals surface area contributed by atoms with Crippen molar-refractivity contribution in [1.82, 2.24) is 15.1 Å². The van der Waals surface area contributed by atoms with Gasteiger partial charge in [-0.2, -0.15) is 5.10 Å². The number of furan rings is 1. The number of aromatic nitrogens is 2. The molecule has 0 spiro atoms. The summed E-state index contributed by atoms with van der Waals surface area (Å²) in [5.74, 6) is 0.797. The Balaban J connectivity index is 1.78. The van der Waals surface area contributed by atoms with Gasteiger partial charge in [-0.15, -0.1) is 0 Å². The Labute approximate surface area is 183 Å². The molecule has 3 rings (SSSR count). The van der Waals surface area contributed by atoms with Gasteiger partial charge in [-0.1, -0.05) is 0 Å². The van der Waals surface area contributed by atoms with Gasteiger partial charge in [0.2, 0.25) is 0 Å². The first-order chi connectivity index (χ1) is 14.9. The van der Waals surface area contributed by atoms with Crippen LogP contribution in [0, 0.1) is 12.7 Å². The molecule has 7 heteroatoms. The van der Waals surface area contributed by atoms with Crippen molar-refractivity contribution in [2.24, 2.45) is 0 Å². The Kier molecular flexibility index (Phi) is 7.63. The van der Waals surface area contributed by atoms with Crippen molar-refractivity contribution in [3.8, 4) is 17.1 Å². The van der Waals surface area contributed by atoms with Crippen LogP contribution in [-0.2, 0) is 0 Å². The summed E-state index contributed by atoms with van der Waals surface area (Å²) in [6.07, 6.45) is 1.96. The van der Waals surface area contributed by atoms with E-state index < -0.39 is 0 Å². The fourth-order valence-electron chi connectivity index (χ4n) is 3.65. The van der Waals surface area contributed by atoms with E-state index >= 15 is 0 Å². The van der Waals surface area contributed by atoms with Gasteiger partial charge in [0.15, 0.2) is 5.76 Å². The molecule has 2 N–H and O–H groups in total. The molecule has 2 aromatic heterocycles. The van der Waals surface area contributed by atoms with E-state index in [1.165, 1.54) is 16.8 Å². The summed E-state index contributed by atoms with van der Waals surface area (Å²) >= 11 is 0. The van der Waals surface area contributed by atoms with Crippen LogP contribution in [0.25, 0.3) is 17.1 Å². The molecule has 0 radical (unpaired) electrons. The zero-order chi connectivity index (χ0) is 22.4. The Bertz CT molecular complexity index is 989. The summed E-state index contributed by atoms with van der Waals surface area (Å²) in [4.78, 5) is 14.7. The number of benzene rings is 1. The highest BCUT2D eigenvalue weighted by atomic mass is 19.1. The quantitative estimate of drug-likeness (QED) is 0.521. The van der Waals surface area contributed by atoms with E-state index in [2.05, 4.69) is 24.3 Å². The topological polar surface area (TPSA) is 64.5 Å². The number of hydrogen-bond donors (Lipinski definition) is 2. The van der Waals surface area contributed by atoms with Gasteiger partial charge in [0, 0.05) is 12.1 Å². The molecule has 0 unspecified atom stereocenters. The van der Waals surface area contributed by atoms with Gasteiger partial charge in [-0.05, 0) is 76.9 Å². The van der Waals surface area contributed by atoms with Crippen molar-refractivity contribution in [2.45, 2.75) is 46.6 Å². The van der Waals surface area contributed by atoms with E-state index in [1.54, 1.807) is 23.1 Å². The molecule has 6 nitrogen and oxygen atoms in total. The summed E-state index contributed by atoms with van der Waals surface area (Å²) in [6.45, 7) is 11.6. The van der Waals surface area contributed by atoms with Gasteiger partial charge in [0.1, 0.15) is 23.0 Å². The summed E-state index contributed by atoms with van der Waals surface area (Å²) < 4.78 is 20.6. The standard InChI is InChI=1S/C24H31FN4O2/c1-5-28(6-2)15-7-8-17(3)26-24(30)22-16-21(23-14-9-18(4)31-23)27-29(22)20-12-10-19(25)11-13-20/h9-14,16-17H,5-8,15H2,1-4H3,(H,26,30)/p+1/t17-/m0/s1. The summed E-state index contributed by atoms with van der Waals surface area (Å²) in [5, 5.41) is 7.65. The van der Waals surface area contributed by atoms with E-state index in [-0.39, 0.29) is 17.8 Å². The minimum atomic E-state index is -0.340. The highest BCUT2D eigenvalue weighted by molar-refractivity contribution is 5.94. The molecule has 0 bridgehead atoms. The predicted octanol–water partition coefficient (Wildman–Crippen LogP) is 3.40. The fraction of sp³-hybridized carbons (Fsp3) is 0.417. The third-order valence-corrected chi connectivity index (χ3v) is 5.55. The first-order valence-electron chi connectivity index (χ1n) is 11.0. The Morgan fingerprint density at radius 2 is 1.90 bits per heavy atom. The van der Waals surface area contributed by atoms with Crippen LogP contribution in [0.5, 0.6) is 0 Å². The zero-order valence-electron chi connectivity index (χ0n) is 18.7. The highest BCUT2D eigenvalue weighted by Gasteiger charge is 2.20. The van der Waals surface area contributed by atoms with E-state index in [0.717, 1.165) is 38.2 Å². The lowest BCUT2D eigenvalue weighted by Crippen LogP contribution is -3.11. The van der Waals surface area contributed by atoms with Crippen molar-refractivity contribution in [1.29, 1.82) is 0 Å². The van der Waals surface area contributed by atoms with Crippen molar-refractivity contribution in [3.05, 3.63) is 59.7 Å².